The molecular weight excluding hydrogens is 370 g/mol. The molecule has 2 heterocycles. The van der Waals surface area contributed by atoms with Gasteiger partial charge >= 0.3 is 0 Å². The summed E-state index contributed by atoms with van der Waals surface area (Å²) < 4.78 is 6.02. The van der Waals surface area contributed by atoms with Crippen LogP contribution in [0.25, 0.3) is 0 Å². The number of ether oxygens (including phenoxy) is 1. The van der Waals surface area contributed by atoms with E-state index in [0.29, 0.717) is 5.88 Å². The Morgan fingerprint density at radius 1 is 1.14 bits per heavy atom. The van der Waals surface area contributed by atoms with Gasteiger partial charge in [-0.3, -0.25) is 19.3 Å². The lowest BCUT2D eigenvalue weighted by atomic mass is 9.81. The van der Waals surface area contributed by atoms with E-state index in [0.717, 1.165) is 44.1 Å². The summed E-state index contributed by atoms with van der Waals surface area (Å²) in [6.07, 6.45) is 9.70. The van der Waals surface area contributed by atoms with Crippen molar-refractivity contribution >= 4 is 17.7 Å². The number of carbonyl (C=O) groups excluding carboxylic acids is 3. The van der Waals surface area contributed by atoms with Crippen LogP contribution < -0.4 is 10.1 Å². The van der Waals surface area contributed by atoms with Crippen LogP contribution in [0.15, 0.2) is 18.3 Å². The number of imide groups is 1. The predicted octanol–water partition coefficient (Wildman–Crippen LogP) is 2.58. The minimum absolute atomic E-state index is 0.182. The Hall–Kier alpha value is -2.44. The van der Waals surface area contributed by atoms with Crippen molar-refractivity contribution in [2.24, 2.45) is 11.8 Å². The second-order valence-corrected chi connectivity index (χ2v) is 8.43. The smallest absolute Gasteiger partial charge is 0.243 e. The van der Waals surface area contributed by atoms with E-state index in [4.69, 9.17) is 4.74 Å². The highest BCUT2D eigenvalue weighted by atomic mass is 16.5. The number of likely N-dealkylation sites (tertiary alicyclic amines) is 1. The van der Waals surface area contributed by atoms with Crippen molar-refractivity contribution in [1.29, 1.82) is 0 Å². The lowest BCUT2D eigenvalue weighted by molar-refractivity contribution is -0.147. The van der Waals surface area contributed by atoms with Gasteiger partial charge in [-0.1, -0.05) is 18.9 Å². The lowest BCUT2D eigenvalue weighted by Crippen LogP contribution is -2.48. The molecule has 0 bridgehead atoms. The summed E-state index contributed by atoms with van der Waals surface area (Å²) in [6.45, 7) is 1.88. The van der Waals surface area contributed by atoms with Crippen LogP contribution in [0, 0.1) is 11.8 Å². The van der Waals surface area contributed by atoms with Crippen LogP contribution in [0.5, 0.6) is 5.88 Å². The average molecular weight is 399 g/mol. The molecule has 2 aliphatic carbocycles. The Bertz CT molecular complexity index is 766. The average Bonchev–Trinajstić information content (AvgIpc) is 3.34. The Morgan fingerprint density at radius 2 is 1.76 bits per heavy atom. The number of pyridine rings is 1. The fourth-order valence-electron chi connectivity index (χ4n) is 4.85. The highest BCUT2D eigenvalue weighted by Gasteiger charge is 2.50. The molecular formula is C22H29N3O4. The number of fused-ring (bicyclic) bond motifs is 1. The molecule has 0 unspecified atom stereocenters. The topological polar surface area (TPSA) is 88.6 Å². The number of carbonyl (C=O) groups is 3. The van der Waals surface area contributed by atoms with Crippen LogP contribution in [0.3, 0.4) is 0 Å². The van der Waals surface area contributed by atoms with Crippen LogP contribution in [-0.4, -0.2) is 39.8 Å². The monoisotopic (exact) mass is 399 g/mol. The number of hydrogen-bond acceptors (Lipinski definition) is 5. The van der Waals surface area contributed by atoms with Gasteiger partial charge in [0, 0.05) is 18.3 Å². The molecule has 0 radical (unpaired) electrons. The van der Waals surface area contributed by atoms with Crippen LogP contribution in [0.1, 0.15) is 63.9 Å². The van der Waals surface area contributed by atoms with E-state index in [1.165, 1.54) is 17.7 Å². The fourth-order valence-corrected chi connectivity index (χ4v) is 4.85. The zero-order valence-corrected chi connectivity index (χ0v) is 16.9. The van der Waals surface area contributed by atoms with Crippen molar-refractivity contribution in [3.8, 4) is 5.88 Å². The Kier molecular flexibility index (Phi) is 5.83. The first-order valence-electron chi connectivity index (χ1n) is 10.8. The third kappa shape index (κ3) is 4.00. The van der Waals surface area contributed by atoms with Crippen molar-refractivity contribution in [3.63, 3.8) is 0 Å². The summed E-state index contributed by atoms with van der Waals surface area (Å²) in [5.41, 5.74) is 0.799. The van der Waals surface area contributed by atoms with E-state index < -0.39 is 6.04 Å². The standard InChI is InChI=1S/C22H29N3O4/c1-14(25-21(27)17-10-4-5-11-18(17)22(25)28)19(26)24-13-15-7-6-12-23-20(15)29-16-8-2-3-9-16/h6-7,12,14,16-18H,2-5,8-11,13H2,1H3,(H,24,26)/t14-,17-,18+/m1/s1. The molecule has 4 rings (SSSR count). The third-order valence-electron chi connectivity index (χ3n) is 6.53. The SMILES string of the molecule is C[C@H](C(=O)NCc1cccnc1OC1CCCC1)N1C(=O)[C@H]2CCCC[C@H]2C1=O. The summed E-state index contributed by atoms with van der Waals surface area (Å²) >= 11 is 0. The van der Waals surface area contributed by atoms with Gasteiger partial charge in [0.1, 0.15) is 12.1 Å². The van der Waals surface area contributed by atoms with E-state index >= 15 is 0 Å². The normalized spacial score (nSPS) is 25.8. The second-order valence-electron chi connectivity index (χ2n) is 8.43. The predicted molar refractivity (Wildman–Crippen MR) is 106 cm³/mol. The van der Waals surface area contributed by atoms with Crippen molar-refractivity contribution in [3.05, 3.63) is 23.9 Å². The second kappa shape index (κ2) is 8.51. The lowest BCUT2D eigenvalue weighted by Gasteiger charge is -2.22. The van der Waals surface area contributed by atoms with Crippen LogP contribution >= 0.6 is 0 Å². The number of aromatic nitrogens is 1. The Labute approximate surface area is 171 Å². The Balaban J connectivity index is 1.38. The van der Waals surface area contributed by atoms with Crippen LogP contribution in [0.4, 0.5) is 0 Å². The molecule has 1 saturated heterocycles. The van der Waals surface area contributed by atoms with Gasteiger partial charge in [-0.05, 0) is 51.5 Å². The minimum atomic E-state index is -0.809. The number of hydrogen-bond donors (Lipinski definition) is 1. The molecule has 0 spiro atoms. The first-order valence-corrected chi connectivity index (χ1v) is 10.8. The largest absolute Gasteiger partial charge is 0.474 e. The van der Waals surface area contributed by atoms with Crippen molar-refractivity contribution in [1.82, 2.24) is 15.2 Å². The molecule has 156 valence electrons. The molecule has 2 saturated carbocycles. The molecule has 1 aliphatic heterocycles. The van der Waals surface area contributed by atoms with Crippen molar-refractivity contribution in [2.45, 2.75) is 77.0 Å². The molecule has 7 nitrogen and oxygen atoms in total. The van der Waals surface area contributed by atoms with E-state index in [9.17, 15) is 14.4 Å². The minimum Gasteiger partial charge on any atom is -0.474 e. The van der Waals surface area contributed by atoms with Crippen LogP contribution in [0.2, 0.25) is 0 Å². The van der Waals surface area contributed by atoms with Gasteiger partial charge in [0.2, 0.25) is 23.6 Å². The van der Waals surface area contributed by atoms with Gasteiger partial charge in [-0.2, -0.15) is 0 Å². The summed E-state index contributed by atoms with van der Waals surface area (Å²) in [4.78, 5) is 43.7. The quantitative estimate of drug-likeness (QED) is 0.743. The van der Waals surface area contributed by atoms with Gasteiger partial charge in [-0.15, -0.1) is 0 Å². The molecule has 3 aliphatic rings. The van der Waals surface area contributed by atoms with E-state index in [1.54, 1.807) is 13.1 Å². The number of amides is 3. The number of nitrogens with one attached hydrogen (secondary N) is 1. The summed E-state index contributed by atoms with van der Waals surface area (Å²) in [5.74, 6) is -0.636. The van der Waals surface area contributed by atoms with Crippen molar-refractivity contribution < 1.29 is 19.1 Å². The van der Waals surface area contributed by atoms with Crippen molar-refractivity contribution in [2.75, 3.05) is 0 Å². The summed E-state index contributed by atoms with van der Waals surface area (Å²) in [6, 6.07) is 2.88. The maximum Gasteiger partial charge on any atom is 0.243 e. The summed E-state index contributed by atoms with van der Waals surface area (Å²) in [7, 11) is 0. The van der Waals surface area contributed by atoms with Gasteiger partial charge in [0.15, 0.2) is 0 Å². The first-order chi connectivity index (χ1) is 14.1. The number of nitrogens with zero attached hydrogens (tertiary/aromatic N) is 2. The Morgan fingerprint density at radius 3 is 2.41 bits per heavy atom. The zero-order chi connectivity index (χ0) is 20.4. The molecule has 3 amide bonds. The first kappa shape index (κ1) is 19.9. The highest BCUT2D eigenvalue weighted by Crippen LogP contribution is 2.38. The highest BCUT2D eigenvalue weighted by molar-refractivity contribution is 6.08. The molecule has 1 aromatic rings. The maximum absolute atomic E-state index is 12.7. The van der Waals surface area contributed by atoms with Gasteiger partial charge < -0.3 is 10.1 Å². The fraction of sp³-hybridized carbons (Fsp3) is 0.636. The van der Waals surface area contributed by atoms with Gasteiger partial charge in [0.25, 0.3) is 0 Å². The van der Waals surface area contributed by atoms with E-state index in [2.05, 4.69) is 10.3 Å². The molecule has 0 aromatic carbocycles. The molecule has 1 aromatic heterocycles. The third-order valence-corrected chi connectivity index (χ3v) is 6.53. The van der Waals surface area contributed by atoms with E-state index in [-0.39, 0.29) is 42.2 Å². The summed E-state index contributed by atoms with van der Waals surface area (Å²) in [5, 5.41) is 2.86. The molecule has 3 fully saturated rings. The maximum atomic E-state index is 12.7. The zero-order valence-electron chi connectivity index (χ0n) is 16.9. The van der Waals surface area contributed by atoms with Gasteiger partial charge in [-0.25, -0.2) is 4.98 Å². The van der Waals surface area contributed by atoms with Gasteiger partial charge in [0.05, 0.1) is 11.8 Å². The molecule has 1 N–H and O–H groups in total. The number of rotatable bonds is 6. The van der Waals surface area contributed by atoms with Crippen LogP contribution in [-0.2, 0) is 20.9 Å². The molecule has 29 heavy (non-hydrogen) atoms. The molecule has 7 heteroatoms. The van der Waals surface area contributed by atoms with E-state index in [1.807, 2.05) is 12.1 Å². The molecule has 3 atom stereocenters.